The van der Waals surface area contributed by atoms with Crippen LogP contribution < -0.4 is 5.69 Å². The van der Waals surface area contributed by atoms with Gasteiger partial charge in [0, 0.05) is 13.2 Å². The topological polar surface area (TPSA) is 56.2 Å². The summed E-state index contributed by atoms with van der Waals surface area (Å²) in [6.07, 6.45) is 9.38. The van der Waals surface area contributed by atoms with E-state index in [1.807, 2.05) is 4.57 Å². The third-order valence-electron chi connectivity index (χ3n) is 7.76. The van der Waals surface area contributed by atoms with Crippen molar-refractivity contribution >= 4 is 11.0 Å². The Morgan fingerprint density at radius 3 is 2.50 bits per heavy atom. The van der Waals surface area contributed by atoms with E-state index in [-0.39, 0.29) is 17.5 Å². The minimum atomic E-state index is -0.269. The number of benzene rings is 1. The van der Waals surface area contributed by atoms with Gasteiger partial charge in [0.15, 0.2) is 0 Å². The summed E-state index contributed by atoms with van der Waals surface area (Å²) in [4.78, 5) is 15.5. The lowest BCUT2D eigenvalue weighted by molar-refractivity contribution is -0.0373. The van der Waals surface area contributed by atoms with Crippen molar-refractivity contribution < 1.29 is 13.9 Å². The molecule has 1 aromatic heterocycles. The standard InChI is InChI=1S/C24H35FN2O3/c1-16-14-22-21(15-20(16)25)26-23(28)27(22)18-6-4-17(5-7-18)24(2)10-8-19(9-11-24)30-13-12-29-3/h14-15,17-19H,4-13H2,1-3H3,(H,26,28)/t17?,18?,19-,24+. The molecule has 2 aromatic rings. The van der Waals surface area contributed by atoms with Crippen molar-refractivity contribution in [1.82, 2.24) is 9.55 Å². The van der Waals surface area contributed by atoms with E-state index in [4.69, 9.17) is 9.47 Å². The SMILES string of the molecule is COCCO[C@H]1CC[C@@](C)(C2CCC(n3c(=O)[nH]c4cc(F)c(C)cc43)CC2)CC1. The summed E-state index contributed by atoms with van der Waals surface area (Å²) in [6, 6.07) is 3.45. The van der Waals surface area contributed by atoms with Crippen molar-refractivity contribution in [3.05, 3.63) is 34.0 Å². The van der Waals surface area contributed by atoms with Crippen molar-refractivity contribution in [2.24, 2.45) is 11.3 Å². The molecule has 0 unspecified atom stereocenters. The highest BCUT2D eigenvalue weighted by atomic mass is 19.1. The van der Waals surface area contributed by atoms with Crippen LogP contribution in [-0.2, 0) is 9.47 Å². The number of aromatic amines is 1. The zero-order chi connectivity index (χ0) is 21.3. The molecule has 2 aliphatic rings. The van der Waals surface area contributed by atoms with Crippen molar-refractivity contribution in [2.45, 2.75) is 77.4 Å². The number of hydrogen-bond acceptors (Lipinski definition) is 3. The minimum Gasteiger partial charge on any atom is -0.382 e. The maximum atomic E-state index is 13.9. The predicted molar refractivity (Wildman–Crippen MR) is 116 cm³/mol. The largest absolute Gasteiger partial charge is 0.382 e. The van der Waals surface area contributed by atoms with Crippen LogP contribution in [0, 0.1) is 24.1 Å². The van der Waals surface area contributed by atoms with Gasteiger partial charge in [-0.3, -0.25) is 4.57 Å². The van der Waals surface area contributed by atoms with Gasteiger partial charge in [0.05, 0.1) is 30.4 Å². The second-order valence-corrected chi connectivity index (χ2v) is 9.64. The Kier molecular flexibility index (Phi) is 6.35. The Labute approximate surface area is 177 Å². The maximum Gasteiger partial charge on any atom is 0.326 e. The number of methoxy groups -OCH3 is 1. The molecule has 30 heavy (non-hydrogen) atoms. The van der Waals surface area contributed by atoms with E-state index in [1.165, 1.54) is 18.9 Å². The normalized spacial score (nSPS) is 30.1. The van der Waals surface area contributed by atoms with Gasteiger partial charge in [0.1, 0.15) is 5.82 Å². The van der Waals surface area contributed by atoms with Crippen LogP contribution in [0.2, 0.25) is 0 Å². The van der Waals surface area contributed by atoms with Crippen LogP contribution in [0.25, 0.3) is 11.0 Å². The number of H-pyrrole nitrogens is 1. The van der Waals surface area contributed by atoms with Gasteiger partial charge < -0.3 is 14.5 Å². The number of imidazole rings is 1. The van der Waals surface area contributed by atoms with Gasteiger partial charge in [0.25, 0.3) is 0 Å². The Balaban J connectivity index is 1.39. The summed E-state index contributed by atoms with van der Waals surface area (Å²) in [7, 11) is 1.71. The van der Waals surface area contributed by atoms with Crippen LogP contribution in [0.3, 0.4) is 0 Å². The fraction of sp³-hybridized carbons (Fsp3) is 0.708. The highest BCUT2D eigenvalue weighted by molar-refractivity contribution is 5.76. The van der Waals surface area contributed by atoms with Crippen molar-refractivity contribution in [2.75, 3.05) is 20.3 Å². The highest BCUT2D eigenvalue weighted by Gasteiger charge is 2.40. The highest BCUT2D eigenvalue weighted by Crippen LogP contribution is 2.50. The number of fused-ring (bicyclic) bond motifs is 1. The monoisotopic (exact) mass is 418 g/mol. The molecular formula is C24H35FN2O3. The molecule has 0 bridgehead atoms. The zero-order valence-corrected chi connectivity index (χ0v) is 18.5. The lowest BCUT2D eigenvalue weighted by Gasteiger charge is -2.46. The zero-order valence-electron chi connectivity index (χ0n) is 18.5. The van der Waals surface area contributed by atoms with Crippen molar-refractivity contribution in [3.8, 4) is 0 Å². The molecule has 1 aromatic carbocycles. The van der Waals surface area contributed by atoms with E-state index in [2.05, 4.69) is 11.9 Å². The number of halogens is 1. The number of rotatable bonds is 6. The van der Waals surface area contributed by atoms with E-state index in [9.17, 15) is 9.18 Å². The van der Waals surface area contributed by atoms with Gasteiger partial charge in [-0.15, -0.1) is 0 Å². The molecule has 4 rings (SSSR count). The predicted octanol–water partition coefficient (Wildman–Crippen LogP) is 5.12. The maximum absolute atomic E-state index is 13.9. The molecule has 2 saturated carbocycles. The number of aryl methyl sites for hydroxylation is 1. The molecule has 2 fully saturated rings. The Morgan fingerprint density at radius 2 is 1.83 bits per heavy atom. The molecule has 5 nitrogen and oxygen atoms in total. The molecule has 2 aliphatic carbocycles. The molecule has 6 heteroatoms. The van der Waals surface area contributed by atoms with Crippen molar-refractivity contribution in [1.29, 1.82) is 0 Å². The fourth-order valence-corrected chi connectivity index (χ4v) is 5.77. The molecular weight excluding hydrogens is 383 g/mol. The summed E-state index contributed by atoms with van der Waals surface area (Å²) in [5.41, 5.74) is 2.28. The lowest BCUT2D eigenvalue weighted by atomic mass is 9.62. The summed E-state index contributed by atoms with van der Waals surface area (Å²) >= 11 is 0. The quantitative estimate of drug-likeness (QED) is 0.663. The molecule has 1 N–H and O–H groups in total. The van der Waals surface area contributed by atoms with Crippen LogP contribution >= 0.6 is 0 Å². The third-order valence-corrected chi connectivity index (χ3v) is 7.76. The second-order valence-electron chi connectivity index (χ2n) is 9.64. The van der Waals surface area contributed by atoms with Gasteiger partial charge in [-0.25, -0.2) is 9.18 Å². The first-order chi connectivity index (χ1) is 14.4. The second kappa shape index (κ2) is 8.83. The van der Waals surface area contributed by atoms with E-state index in [1.54, 1.807) is 20.1 Å². The van der Waals surface area contributed by atoms with Crippen LogP contribution in [0.4, 0.5) is 4.39 Å². The third kappa shape index (κ3) is 4.22. The van der Waals surface area contributed by atoms with Gasteiger partial charge in [-0.2, -0.15) is 0 Å². The number of ether oxygens (including phenoxy) is 2. The molecule has 0 aliphatic heterocycles. The molecule has 0 spiro atoms. The Bertz CT molecular complexity index is 918. The average Bonchev–Trinajstić information content (AvgIpc) is 3.05. The van der Waals surface area contributed by atoms with E-state index in [0.29, 0.717) is 41.7 Å². The first kappa shape index (κ1) is 21.6. The van der Waals surface area contributed by atoms with Gasteiger partial charge in [-0.1, -0.05) is 6.92 Å². The van der Waals surface area contributed by atoms with Crippen LogP contribution in [0.15, 0.2) is 16.9 Å². The first-order valence-electron chi connectivity index (χ1n) is 11.4. The van der Waals surface area contributed by atoms with Gasteiger partial charge >= 0.3 is 5.69 Å². The van der Waals surface area contributed by atoms with Gasteiger partial charge in [-0.05, 0) is 87.3 Å². The molecule has 166 valence electrons. The van der Waals surface area contributed by atoms with Crippen molar-refractivity contribution in [3.63, 3.8) is 0 Å². The number of nitrogens with one attached hydrogen (secondary N) is 1. The fourth-order valence-electron chi connectivity index (χ4n) is 5.77. The number of hydrogen-bond donors (Lipinski definition) is 1. The summed E-state index contributed by atoms with van der Waals surface area (Å²) in [5.74, 6) is 0.433. The molecule has 0 saturated heterocycles. The van der Waals surface area contributed by atoms with Crippen LogP contribution in [0.1, 0.15) is 69.9 Å². The summed E-state index contributed by atoms with van der Waals surface area (Å²) in [6.45, 7) is 5.56. The smallest absolute Gasteiger partial charge is 0.326 e. The molecule has 1 heterocycles. The lowest BCUT2D eigenvalue weighted by Crippen LogP contribution is -2.37. The van der Waals surface area contributed by atoms with E-state index in [0.717, 1.165) is 44.0 Å². The van der Waals surface area contributed by atoms with Crippen LogP contribution in [-0.4, -0.2) is 36.0 Å². The van der Waals surface area contributed by atoms with E-state index >= 15 is 0 Å². The Morgan fingerprint density at radius 1 is 1.13 bits per heavy atom. The van der Waals surface area contributed by atoms with Crippen LogP contribution in [0.5, 0.6) is 0 Å². The Hall–Kier alpha value is -1.66. The summed E-state index contributed by atoms with van der Waals surface area (Å²) < 4.78 is 26.8. The van der Waals surface area contributed by atoms with Gasteiger partial charge in [0.2, 0.25) is 0 Å². The molecule has 0 atom stereocenters. The first-order valence-corrected chi connectivity index (χ1v) is 11.4. The molecule has 0 amide bonds. The molecule has 0 radical (unpaired) electrons. The minimum absolute atomic E-state index is 0.113. The number of nitrogens with zero attached hydrogens (tertiary/aromatic N) is 1. The average molecular weight is 419 g/mol. The van der Waals surface area contributed by atoms with E-state index < -0.39 is 0 Å². The summed E-state index contributed by atoms with van der Waals surface area (Å²) in [5, 5.41) is 0. The number of aromatic nitrogens is 2.